The molecule has 5 heteroatoms. The molecule has 18 heavy (non-hydrogen) atoms. The third kappa shape index (κ3) is 5.73. The molecule has 4 nitrogen and oxygen atoms in total. The van der Waals surface area contributed by atoms with Crippen molar-refractivity contribution in [1.29, 1.82) is 0 Å². The fourth-order valence-corrected chi connectivity index (χ4v) is 1.66. The maximum absolute atomic E-state index is 11.4. The fraction of sp³-hybridized carbons (Fsp3) is 0.462. The first kappa shape index (κ1) is 14.6. The van der Waals surface area contributed by atoms with Crippen LogP contribution in [-0.2, 0) is 20.7 Å². The first-order chi connectivity index (χ1) is 8.76. The molecule has 1 aromatic carbocycles. The average Bonchev–Trinajstić information content (AvgIpc) is 2.38. The molecule has 1 aromatic rings. The van der Waals surface area contributed by atoms with E-state index in [1.165, 1.54) is 5.56 Å². The molecule has 0 radical (unpaired) electrons. The van der Waals surface area contributed by atoms with Crippen LogP contribution in [0.25, 0.3) is 0 Å². The molecule has 0 saturated heterocycles. The van der Waals surface area contributed by atoms with Gasteiger partial charge in [-0.05, 0) is 0 Å². The standard InChI is InChI=1S/C13H18BNO3/c1-2-18-13(16)10-15(11-14-17)9-8-12-6-4-3-5-7-12/h3-7H,2,8-11H2,1H3. The van der Waals surface area contributed by atoms with Crippen molar-refractivity contribution < 1.29 is 14.2 Å². The molecule has 0 aromatic heterocycles. The van der Waals surface area contributed by atoms with E-state index < -0.39 is 0 Å². The Morgan fingerprint density at radius 1 is 1.33 bits per heavy atom. The fourth-order valence-electron chi connectivity index (χ4n) is 1.66. The van der Waals surface area contributed by atoms with Gasteiger partial charge in [0, 0.05) is 0 Å². The third-order valence-corrected chi connectivity index (χ3v) is 2.55. The molecular weight excluding hydrogens is 229 g/mol. The molecule has 96 valence electrons. The molecular formula is C13H18BNO3. The molecule has 0 aliphatic heterocycles. The summed E-state index contributed by atoms with van der Waals surface area (Å²) in [7, 11) is 0.810. The number of carbonyl (C=O) groups excluding carboxylic acids is 1. The van der Waals surface area contributed by atoms with Crippen LogP contribution < -0.4 is 0 Å². The van der Waals surface area contributed by atoms with Crippen molar-refractivity contribution in [2.45, 2.75) is 13.3 Å². The zero-order chi connectivity index (χ0) is 13.2. The summed E-state index contributed by atoms with van der Waals surface area (Å²) in [4.78, 5) is 13.1. The normalized spacial score (nSPS) is 10.1. The molecule has 1 rings (SSSR count). The summed E-state index contributed by atoms with van der Waals surface area (Å²) in [5.74, 6) is -0.285. The Kier molecular flexibility index (Phi) is 6.95. The Balaban J connectivity index is 2.42. The van der Waals surface area contributed by atoms with Gasteiger partial charge < -0.3 is 0 Å². The Morgan fingerprint density at radius 3 is 2.67 bits per heavy atom. The summed E-state index contributed by atoms with van der Waals surface area (Å²) >= 11 is 0. The summed E-state index contributed by atoms with van der Waals surface area (Å²) in [6, 6.07) is 9.98. The molecule has 0 bridgehead atoms. The van der Waals surface area contributed by atoms with Gasteiger partial charge >= 0.3 is 108 Å². The zero-order valence-electron chi connectivity index (χ0n) is 10.7. The van der Waals surface area contributed by atoms with Crippen molar-refractivity contribution in [3.8, 4) is 0 Å². The zero-order valence-corrected chi connectivity index (χ0v) is 10.7. The van der Waals surface area contributed by atoms with Gasteiger partial charge in [0.1, 0.15) is 0 Å². The molecule has 0 fully saturated rings. The van der Waals surface area contributed by atoms with Crippen molar-refractivity contribution in [3.63, 3.8) is 0 Å². The van der Waals surface area contributed by atoms with E-state index in [1.807, 2.05) is 30.3 Å². The molecule has 0 unspecified atom stereocenters. The summed E-state index contributed by atoms with van der Waals surface area (Å²) in [6.45, 7) is 2.97. The van der Waals surface area contributed by atoms with Crippen LogP contribution in [-0.4, -0.2) is 44.2 Å². The molecule has 0 N–H and O–H groups in total. The number of rotatable bonds is 8. The van der Waals surface area contributed by atoms with E-state index >= 15 is 0 Å². The van der Waals surface area contributed by atoms with Crippen molar-refractivity contribution in [2.24, 2.45) is 0 Å². The predicted octanol–water partition coefficient (Wildman–Crippen LogP) is 1.10. The van der Waals surface area contributed by atoms with Crippen LogP contribution in [0.5, 0.6) is 0 Å². The quantitative estimate of drug-likeness (QED) is 0.509. The van der Waals surface area contributed by atoms with Gasteiger partial charge in [0.15, 0.2) is 0 Å². The topological polar surface area (TPSA) is 46.6 Å². The molecule has 0 aliphatic carbocycles. The van der Waals surface area contributed by atoms with Crippen LogP contribution in [0.3, 0.4) is 0 Å². The van der Waals surface area contributed by atoms with E-state index in [-0.39, 0.29) is 19.0 Å². The van der Waals surface area contributed by atoms with Gasteiger partial charge in [0.2, 0.25) is 0 Å². The Hall–Kier alpha value is -1.49. The van der Waals surface area contributed by atoms with Crippen LogP contribution in [0, 0.1) is 0 Å². The molecule has 0 spiro atoms. The summed E-state index contributed by atoms with van der Waals surface area (Å²) < 4.78 is 15.4. The van der Waals surface area contributed by atoms with Gasteiger partial charge in [-0.2, -0.15) is 0 Å². The van der Waals surface area contributed by atoms with Crippen molar-refractivity contribution in [1.82, 2.24) is 4.90 Å². The summed E-state index contributed by atoms with van der Waals surface area (Å²) in [5, 5.41) is 0. The third-order valence-electron chi connectivity index (χ3n) is 2.55. The van der Waals surface area contributed by atoms with E-state index in [4.69, 9.17) is 4.74 Å². The van der Waals surface area contributed by atoms with Crippen LogP contribution in [0.4, 0.5) is 0 Å². The second-order valence-electron chi connectivity index (χ2n) is 3.94. The molecule has 0 heterocycles. The van der Waals surface area contributed by atoms with Crippen LogP contribution >= 0.6 is 0 Å². The summed E-state index contributed by atoms with van der Waals surface area (Å²) in [5.41, 5.74) is 1.19. The SMILES string of the molecule is CCOC(=O)CN(CB=O)CCc1ccccc1. The van der Waals surface area contributed by atoms with E-state index in [2.05, 4.69) is 0 Å². The Bertz CT molecular complexity index is 370. The van der Waals surface area contributed by atoms with Gasteiger partial charge in [-0.3, -0.25) is 0 Å². The van der Waals surface area contributed by atoms with Gasteiger partial charge in [-0.1, -0.05) is 0 Å². The second-order valence-corrected chi connectivity index (χ2v) is 3.94. The number of benzene rings is 1. The van der Waals surface area contributed by atoms with Gasteiger partial charge in [-0.15, -0.1) is 0 Å². The van der Waals surface area contributed by atoms with E-state index in [9.17, 15) is 9.50 Å². The second kappa shape index (κ2) is 8.58. The van der Waals surface area contributed by atoms with E-state index in [0.29, 0.717) is 13.2 Å². The number of esters is 1. The Morgan fingerprint density at radius 2 is 2.06 bits per heavy atom. The first-order valence-electron chi connectivity index (χ1n) is 6.11. The number of nitrogens with zero attached hydrogens (tertiary/aromatic N) is 1. The van der Waals surface area contributed by atoms with Gasteiger partial charge in [0.25, 0.3) is 0 Å². The first-order valence-corrected chi connectivity index (χ1v) is 6.11. The number of ether oxygens (including phenoxy) is 1. The van der Waals surface area contributed by atoms with Crippen LogP contribution in [0.2, 0.25) is 0 Å². The van der Waals surface area contributed by atoms with E-state index in [1.54, 1.807) is 11.8 Å². The van der Waals surface area contributed by atoms with Crippen molar-refractivity contribution in [3.05, 3.63) is 35.9 Å². The summed E-state index contributed by atoms with van der Waals surface area (Å²) in [6.07, 6.45) is 1.07. The predicted molar refractivity (Wildman–Crippen MR) is 69.7 cm³/mol. The van der Waals surface area contributed by atoms with Gasteiger partial charge in [-0.25, -0.2) is 0 Å². The average molecular weight is 247 g/mol. The number of hydrogen-bond acceptors (Lipinski definition) is 4. The maximum atomic E-state index is 11.4. The van der Waals surface area contributed by atoms with Crippen molar-refractivity contribution in [2.75, 3.05) is 26.1 Å². The monoisotopic (exact) mass is 247 g/mol. The minimum atomic E-state index is -0.285. The molecule has 0 amide bonds. The van der Waals surface area contributed by atoms with Crippen LogP contribution in [0.1, 0.15) is 12.5 Å². The van der Waals surface area contributed by atoms with E-state index in [0.717, 1.165) is 13.6 Å². The van der Waals surface area contributed by atoms with Gasteiger partial charge in [0.05, 0.1) is 0 Å². The molecule has 0 atom stereocenters. The minimum absolute atomic E-state index is 0.166. The van der Waals surface area contributed by atoms with Crippen LogP contribution in [0.15, 0.2) is 30.3 Å². The molecule has 0 aliphatic rings. The Labute approximate surface area is 108 Å². The number of carbonyl (C=O) groups is 1. The van der Waals surface area contributed by atoms with Crippen molar-refractivity contribution >= 4 is 13.1 Å². The molecule has 0 saturated carbocycles. The number of hydrogen-bond donors (Lipinski definition) is 0.